The maximum Gasteiger partial charge on any atom is 0.263 e. The van der Waals surface area contributed by atoms with E-state index in [0.717, 1.165) is 5.56 Å². The van der Waals surface area contributed by atoms with Crippen LogP contribution in [0.15, 0.2) is 77.7 Å². The highest BCUT2D eigenvalue weighted by atomic mass is 35.5. The van der Waals surface area contributed by atoms with Gasteiger partial charge in [0.25, 0.3) is 15.9 Å². The minimum atomic E-state index is -4.04. The van der Waals surface area contributed by atoms with Gasteiger partial charge in [0.2, 0.25) is 0 Å². The van der Waals surface area contributed by atoms with Crippen LogP contribution in [0.2, 0.25) is 10.0 Å². The molecule has 5 nitrogen and oxygen atoms in total. The number of para-hydroxylation sites is 1. The summed E-state index contributed by atoms with van der Waals surface area (Å²) in [7, 11) is -4.04. The Morgan fingerprint density at radius 3 is 2.32 bits per heavy atom. The molecule has 3 rings (SSSR count). The third-order valence-corrected chi connectivity index (χ3v) is 5.98. The van der Waals surface area contributed by atoms with Gasteiger partial charge in [-0.1, -0.05) is 65.7 Å². The van der Waals surface area contributed by atoms with Gasteiger partial charge in [0.1, 0.15) is 4.90 Å². The molecule has 8 heteroatoms. The second-order valence-corrected chi connectivity index (χ2v) is 8.39. The van der Waals surface area contributed by atoms with E-state index in [-0.39, 0.29) is 26.2 Å². The van der Waals surface area contributed by atoms with E-state index in [1.165, 1.54) is 30.3 Å². The van der Waals surface area contributed by atoms with Crippen molar-refractivity contribution >= 4 is 44.8 Å². The molecule has 0 aliphatic carbocycles. The normalized spacial score (nSPS) is 11.1. The highest BCUT2D eigenvalue weighted by molar-refractivity contribution is 7.92. The summed E-state index contributed by atoms with van der Waals surface area (Å²) in [6.45, 7) is 0.320. The lowest BCUT2D eigenvalue weighted by Crippen LogP contribution is -2.25. The Labute approximate surface area is 173 Å². The van der Waals surface area contributed by atoms with Crippen LogP contribution >= 0.6 is 23.2 Å². The second kappa shape index (κ2) is 8.65. The van der Waals surface area contributed by atoms with Crippen molar-refractivity contribution in [2.45, 2.75) is 11.4 Å². The van der Waals surface area contributed by atoms with Crippen molar-refractivity contribution in [2.75, 3.05) is 4.72 Å². The lowest BCUT2D eigenvalue weighted by atomic mass is 10.1. The van der Waals surface area contributed by atoms with Crippen molar-refractivity contribution in [2.24, 2.45) is 0 Å². The van der Waals surface area contributed by atoms with Gasteiger partial charge in [0.15, 0.2) is 0 Å². The first-order valence-corrected chi connectivity index (χ1v) is 10.5. The van der Waals surface area contributed by atoms with Crippen LogP contribution in [0.5, 0.6) is 0 Å². The number of amides is 1. The molecule has 0 atom stereocenters. The Kier molecular flexibility index (Phi) is 6.24. The van der Waals surface area contributed by atoms with Crippen molar-refractivity contribution in [3.8, 4) is 0 Å². The van der Waals surface area contributed by atoms with Crippen molar-refractivity contribution in [3.05, 3.63) is 94.0 Å². The molecule has 0 unspecified atom stereocenters. The number of hydrogen-bond acceptors (Lipinski definition) is 3. The van der Waals surface area contributed by atoms with E-state index in [4.69, 9.17) is 23.2 Å². The molecule has 3 aromatic rings. The second-order valence-electron chi connectivity index (χ2n) is 5.89. The van der Waals surface area contributed by atoms with E-state index in [0.29, 0.717) is 6.54 Å². The number of rotatable bonds is 6. The predicted molar refractivity (Wildman–Crippen MR) is 111 cm³/mol. The summed E-state index contributed by atoms with van der Waals surface area (Å²) < 4.78 is 27.9. The molecule has 0 bridgehead atoms. The fraction of sp³-hybridized carbons (Fsp3) is 0.0500. The molecule has 0 heterocycles. The first-order chi connectivity index (χ1) is 13.4. The standard InChI is InChI=1S/C20H16Cl2N2O3S/c21-15-10-11-17(22)19(12-15)28(26,27)24-18-9-5-4-8-16(18)20(25)23-13-14-6-2-1-3-7-14/h1-12,24H,13H2,(H,23,25). The Bertz CT molecular complexity index is 1100. The topological polar surface area (TPSA) is 75.3 Å². The van der Waals surface area contributed by atoms with E-state index < -0.39 is 15.9 Å². The zero-order valence-electron chi connectivity index (χ0n) is 14.5. The monoisotopic (exact) mass is 434 g/mol. The summed E-state index contributed by atoms with van der Waals surface area (Å²) in [6, 6.07) is 19.9. The van der Waals surface area contributed by atoms with Crippen LogP contribution in [0.25, 0.3) is 0 Å². The highest BCUT2D eigenvalue weighted by Gasteiger charge is 2.21. The first-order valence-electron chi connectivity index (χ1n) is 8.26. The smallest absolute Gasteiger partial charge is 0.263 e. The van der Waals surface area contributed by atoms with Gasteiger partial charge in [0.05, 0.1) is 16.3 Å². The van der Waals surface area contributed by atoms with Crippen LogP contribution in [0, 0.1) is 0 Å². The number of sulfonamides is 1. The summed E-state index contributed by atoms with van der Waals surface area (Å²) in [4.78, 5) is 12.4. The molecule has 0 aromatic heterocycles. The van der Waals surface area contributed by atoms with E-state index in [1.807, 2.05) is 30.3 Å². The van der Waals surface area contributed by atoms with Crippen molar-refractivity contribution < 1.29 is 13.2 Å². The summed E-state index contributed by atoms with van der Waals surface area (Å²) >= 11 is 11.9. The Morgan fingerprint density at radius 1 is 0.893 bits per heavy atom. The average Bonchev–Trinajstić information content (AvgIpc) is 2.69. The summed E-state index contributed by atoms with van der Waals surface area (Å²) in [5, 5.41) is 3.05. The molecule has 0 aliphatic heterocycles. The van der Waals surface area contributed by atoms with Crippen LogP contribution in [-0.2, 0) is 16.6 Å². The predicted octanol–water partition coefficient (Wildman–Crippen LogP) is 4.72. The van der Waals surface area contributed by atoms with Crippen LogP contribution < -0.4 is 10.0 Å². The summed E-state index contributed by atoms with van der Waals surface area (Å²) in [5.41, 5.74) is 1.27. The molecule has 0 radical (unpaired) electrons. The Morgan fingerprint density at radius 2 is 1.57 bits per heavy atom. The Hall–Kier alpha value is -2.54. The van der Waals surface area contributed by atoms with Gasteiger partial charge >= 0.3 is 0 Å². The number of benzene rings is 3. The molecular weight excluding hydrogens is 419 g/mol. The fourth-order valence-corrected chi connectivity index (χ4v) is 4.37. The van der Waals surface area contributed by atoms with Crippen molar-refractivity contribution in [1.29, 1.82) is 0 Å². The number of halogens is 2. The number of anilines is 1. The lowest BCUT2D eigenvalue weighted by molar-refractivity contribution is 0.0952. The molecule has 2 N–H and O–H groups in total. The van der Waals surface area contributed by atoms with Crippen LogP contribution in [0.4, 0.5) is 5.69 Å². The third kappa shape index (κ3) is 4.84. The van der Waals surface area contributed by atoms with E-state index in [1.54, 1.807) is 12.1 Å². The SMILES string of the molecule is O=C(NCc1ccccc1)c1ccccc1NS(=O)(=O)c1cc(Cl)ccc1Cl. The quantitative estimate of drug-likeness (QED) is 0.588. The van der Waals surface area contributed by atoms with Gasteiger partial charge in [-0.2, -0.15) is 0 Å². The molecule has 0 spiro atoms. The maximum atomic E-state index is 12.7. The molecule has 3 aromatic carbocycles. The van der Waals surface area contributed by atoms with Crippen LogP contribution in [0.3, 0.4) is 0 Å². The fourth-order valence-electron chi connectivity index (χ4n) is 2.53. The third-order valence-electron chi connectivity index (χ3n) is 3.89. The van der Waals surface area contributed by atoms with Gasteiger partial charge in [0, 0.05) is 11.6 Å². The molecule has 0 saturated carbocycles. The number of carbonyl (C=O) groups is 1. The molecular formula is C20H16Cl2N2O3S. The Balaban J connectivity index is 1.83. The van der Waals surface area contributed by atoms with Crippen molar-refractivity contribution in [3.63, 3.8) is 0 Å². The molecule has 0 saturated heterocycles. The molecule has 144 valence electrons. The zero-order chi connectivity index (χ0) is 20.1. The van der Waals surface area contributed by atoms with E-state index in [2.05, 4.69) is 10.0 Å². The van der Waals surface area contributed by atoms with Gasteiger partial charge < -0.3 is 5.32 Å². The average molecular weight is 435 g/mol. The molecule has 0 aliphatic rings. The van der Waals surface area contributed by atoms with E-state index >= 15 is 0 Å². The molecule has 0 fully saturated rings. The van der Waals surface area contributed by atoms with Crippen molar-refractivity contribution in [1.82, 2.24) is 5.32 Å². The molecule has 28 heavy (non-hydrogen) atoms. The summed E-state index contributed by atoms with van der Waals surface area (Å²) in [6.07, 6.45) is 0. The maximum absolute atomic E-state index is 12.7. The van der Waals surface area contributed by atoms with Gasteiger partial charge in [-0.3, -0.25) is 9.52 Å². The van der Waals surface area contributed by atoms with E-state index in [9.17, 15) is 13.2 Å². The van der Waals surface area contributed by atoms with Gasteiger partial charge in [-0.15, -0.1) is 0 Å². The zero-order valence-corrected chi connectivity index (χ0v) is 16.9. The van der Waals surface area contributed by atoms with Crippen LogP contribution in [0.1, 0.15) is 15.9 Å². The minimum absolute atomic E-state index is 0.0305. The molecule has 1 amide bonds. The highest BCUT2D eigenvalue weighted by Crippen LogP contribution is 2.27. The van der Waals surface area contributed by atoms with Gasteiger partial charge in [-0.25, -0.2) is 8.42 Å². The number of carbonyl (C=O) groups excluding carboxylic acids is 1. The minimum Gasteiger partial charge on any atom is -0.348 e. The number of hydrogen-bond donors (Lipinski definition) is 2. The largest absolute Gasteiger partial charge is 0.348 e. The first kappa shape index (κ1) is 20.2. The van der Waals surface area contributed by atoms with Crippen LogP contribution in [-0.4, -0.2) is 14.3 Å². The summed E-state index contributed by atoms with van der Waals surface area (Å²) in [5.74, 6) is -0.403. The lowest BCUT2D eigenvalue weighted by Gasteiger charge is -2.14. The number of nitrogens with one attached hydrogen (secondary N) is 2. The van der Waals surface area contributed by atoms with Gasteiger partial charge in [-0.05, 0) is 35.9 Å².